The van der Waals surface area contributed by atoms with E-state index in [1.807, 2.05) is 26.0 Å². The van der Waals surface area contributed by atoms with Crippen LogP contribution in [0.4, 0.5) is 0 Å². The van der Waals surface area contributed by atoms with Crippen molar-refractivity contribution in [1.29, 1.82) is 0 Å². The van der Waals surface area contributed by atoms with Gasteiger partial charge in [0.15, 0.2) is 0 Å². The number of halogens is 1. The molecule has 0 aliphatic heterocycles. The van der Waals surface area contributed by atoms with Crippen molar-refractivity contribution in [2.75, 3.05) is 0 Å². The van der Waals surface area contributed by atoms with Gasteiger partial charge in [0, 0.05) is 41.1 Å². The number of aryl methyl sites for hydroxylation is 2. The highest BCUT2D eigenvalue weighted by molar-refractivity contribution is 9.10. The van der Waals surface area contributed by atoms with Crippen LogP contribution in [0.2, 0.25) is 0 Å². The predicted molar refractivity (Wildman–Crippen MR) is 121 cm³/mol. The Kier molecular flexibility index (Phi) is 6.60. The number of nitrogens with zero attached hydrogens (tertiary/aromatic N) is 1. The Morgan fingerprint density at radius 1 is 1.03 bits per heavy atom. The Balaban J connectivity index is 1.87. The van der Waals surface area contributed by atoms with E-state index in [2.05, 4.69) is 70.0 Å². The highest BCUT2D eigenvalue weighted by atomic mass is 79.9. The first-order valence-electron chi connectivity index (χ1n) is 9.71. The first kappa shape index (κ1) is 21.3. The lowest BCUT2D eigenvalue weighted by Gasteiger charge is -2.13. The molecule has 2 aromatic carbocycles. The number of hydrogen-bond donors (Lipinski definition) is 2. The SMILES string of the molecule is Cc1ccc(C)c(Cn2c(C)c(CNCc3cccc(Br)c3)c(C(=O)O)c2C)c1. The van der Waals surface area contributed by atoms with E-state index in [0.717, 1.165) is 27.0 Å². The van der Waals surface area contributed by atoms with Crippen LogP contribution in [0.5, 0.6) is 0 Å². The summed E-state index contributed by atoms with van der Waals surface area (Å²) in [4.78, 5) is 12.0. The van der Waals surface area contributed by atoms with Crippen molar-refractivity contribution in [3.8, 4) is 0 Å². The van der Waals surface area contributed by atoms with Crippen LogP contribution in [0.3, 0.4) is 0 Å². The summed E-state index contributed by atoms with van der Waals surface area (Å²) in [7, 11) is 0. The molecule has 0 saturated carbocycles. The lowest BCUT2D eigenvalue weighted by Crippen LogP contribution is -2.15. The average Bonchev–Trinajstić information content (AvgIpc) is 2.89. The summed E-state index contributed by atoms with van der Waals surface area (Å²) < 4.78 is 3.16. The van der Waals surface area contributed by atoms with Gasteiger partial charge < -0.3 is 15.0 Å². The van der Waals surface area contributed by atoms with Crippen LogP contribution in [-0.4, -0.2) is 15.6 Å². The maximum absolute atomic E-state index is 12.0. The molecule has 29 heavy (non-hydrogen) atoms. The van der Waals surface area contributed by atoms with Crippen molar-refractivity contribution in [1.82, 2.24) is 9.88 Å². The average molecular weight is 455 g/mol. The molecule has 0 bridgehead atoms. The maximum atomic E-state index is 12.0. The normalized spacial score (nSPS) is 11.1. The van der Waals surface area contributed by atoms with Crippen molar-refractivity contribution >= 4 is 21.9 Å². The summed E-state index contributed by atoms with van der Waals surface area (Å²) in [5, 5.41) is 13.3. The van der Waals surface area contributed by atoms with Crippen LogP contribution in [0, 0.1) is 27.7 Å². The summed E-state index contributed by atoms with van der Waals surface area (Å²) in [5.41, 5.74) is 7.87. The molecule has 5 heteroatoms. The number of carboxylic acids is 1. The van der Waals surface area contributed by atoms with Gasteiger partial charge in [-0.2, -0.15) is 0 Å². The van der Waals surface area contributed by atoms with Gasteiger partial charge in [0.25, 0.3) is 0 Å². The quantitative estimate of drug-likeness (QED) is 0.493. The zero-order valence-electron chi connectivity index (χ0n) is 17.3. The molecule has 152 valence electrons. The largest absolute Gasteiger partial charge is 0.478 e. The summed E-state index contributed by atoms with van der Waals surface area (Å²) in [6.45, 7) is 9.97. The fourth-order valence-electron chi connectivity index (χ4n) is 3.81. The number of nitrogens with one attached hydrogen (secondary N) is 1. The Labute approximate surface area is 180 Å². The van der Waals surface area contributed by atoms with E-state index in [4.69, 9.17) is 0 Å². The van der Waals surface area contributed by atoms with Crippen LogP contribution < -0.4 is 5.32 Å². The lowest BCUT2D eigenvalue weighted by atomic mass is 10.1. The van der Waals surface area contributed by atoms with Gasteiger partial charge in [-0.3, -0.25) is 0 Å². The second-order valence-corrected chi connectivity index (χ2v) is 8.49. The van der Waals surface area contributed by atoms with Gasteiger partial charge in [0.1, 0.15) is 0 Å². The van der Waals surface area contributed by atoms with Crippen molar-refractivity contribution < 1.29 is 9.90 Å². The van der Waals surface area contributed by atoms with E-state index in [1.165, 1.54) is 16.7 Å². The summed E-state index contributed by atoms with van der Waals surface area (Å²) >= 11 is 3.49. The molecule has 0 saturated heterocycles. The minimum atomic E-state index is -0.871. The highest BCUT2D eigenvalue weighted by Gasteiger charge is 2.22. The molecule has 0 fully saturated rings. The molecule has 0 atom stereocenters. The van der Waals surface area contributed by atoms with Gasteiger partial charge in [-0.15, -0.1) is 0 Å². The third-order valence-electron chi connectivity index (χ3n) is 5.48. The molecule has 0 unspecified atom stereocenters. The van der Waals surface area contributed by atoms with Crippen LogP contribution in [-0.2, 0) is 19.6 Å². The fraction of sp³-hybridized carbons (Fsp3) is 0.292. The van der Waals surface area contributed by atoms with Crippen molar-refractivity contribution in [3.63, 3.8) is 0 Å². The molecule has 0 amide bonds. The Bertz CT molecular complexity index is 1050. The van der Waals surface area contributed by atoms with E-state index in [-0.39, 0.29) is 0 Å². The smallest absolute Gasteiger partial charge is 0.337 e. The molecule has 3 rings (SSSR count). The second-order valence-electron chi connectivity index (χ2n) is 7.58. The van der Waals surface area contributed by atoms with Gasteiger partial charge in [0.2, 0.25) is 0 Å². The molecular weight excluding hydrogens is 428 g/mol. The van der Waals surface area contributed by atoms with E-state index >= 15 is 0 Å². The van der Waals surface area contributed by atoms with E-state index < -0.39 is 5.97 Å². The molecule has 1 aromatic heterocycles. The molecule has 3 aromatic rings. The van der Waals surface area contributed by atoms with Crippen LogP contribution >= 0.6 is 15.9 Å². The van der Waals surface area contributed by atoms with Gasteiger partial charge >= 0.3 is 5.97 Å². The number of aromatic carboxylic acids is 1. The molecule has 4 nitrogen and oxygen atoms in total. The molecule has 0 aliphatic rings. The fourth-order valence-corrected chi connectivity index (χ4v) is 4.25. The van der Waals surface area contributed by atoms with Gasteiger partial charge in [-0.1, -0.05) is 51.8 Å². The zero-order valence-corrected chi connectivity index (χ0v) is 18.9. The minimum absolute atomic E-state index is 0.412. The maximum Gasteiger partial charge on any atom is 0.337 e. The zero-order chi connectivity index (χ0) is 21.1. The first-order valence-corrected chi connectivity index (χ1v) is 10.5. The molecular formula is C24H27BrN2O2. The number of benzene rings is 2. The first-order chi connectivity index (χ1) is 13.8. The number of hydrogen-bond acceptors (Lipinski definition) is 2. The van der Waals surface area contributed by atoms with E-state index in [9.17, 15) is 9.90 Å². The van der Waals surface area contributed by atoms with Crippen LogP contribution in [0.1, 0.15) is 49.6 Å². The Morgan fingerprint density at radius 3 is 2.48 bits per heavy atom. The standard InChI is InChI=1S/C24H27BrN2O2/c1-15-8-9-16(2)20(10-15)14-27-17(3)22(23(18(27)4)24(28)29)13-26-12-19-6-5-7-21(25)11-19/h5-11,26H,12-14H2,1-4H3,(H,28,29). The second kappa shape index (κ2) is 8.97. The van der Waals surface area contributed by atoms with Crippen molar-refractivity contribution in [2.45, 2.75) is 47.3 Å². The Hall–Kier alpha value is -2.37. The summed E-state index contributed by atoms with van der Waals surface area (Å²) in [5.74, 6) is -0.871. The minimum Gasteiger partial charge on any atom is -0.478 e. The van der Waals surface area contributed by atoms with E-state index in [1.54, 1.807) is 0 Å². The Morgan fingerprint density at radius 2 is 1.79 bits per heavy atom. The highest BCUT2D eigenvalue weighted by Crippen LogP contribution is 2.25. The topological polar surface area (TPSA) is 54.3 Å². The lowest BCUT2D eigenvalue weighted by molar-refractivity contribution is 0.0694. The van der Waals surface area contributed by atoms with Gasteiger partial charge in [-0.05, 0) is 56.5 Å². The van der Waals surface area contributed by atoms with Crippen LogP contribution in [0.15, 0.2) is 46.9 Å². The third kappa shape index (κ3) is 4.80. The monoisotopic (exact) mass is 454 g/mol. The van der Waals surface area contributed by atoms with E-state index in [0.29, 0.717) is 25.2 Å². The van der Waals surface area contributed by atoms with Crippen LogP contribution in [0.25, 0.3) is 0 Å². The number of aromatic nitrogens is 1. The molecule has 0 spiro atoms. The molecule has 2 N–H and O–H groups in total. The van der Waals surface area contributed by atoms with Gasteiger partial charge in [-0.25, -0.2) is 4.79 Å². The summed E-state index contributed by atoms with van der Waals surface area (Å²) in [6.07, 6.45) is 0. The summed E-state index contributed by atoms with van der Waals surface area (Å²) in [6, 6.07) is 14.5. The van der Waals surface area contributed by atoms with Gasteiger partial charge in [0.05, 0.1) is 5.56 Å². The molecule has 1 heterocycles. The predicted octanol–water partition coefficient (Wildman–Crippen LogP) is 5.52. The number of carbonyl (C=O) groups is 1. The van der Waals surface area contributed by atoms with Crippen molar-refractivity contribution in [3.05, 3.63) is 91.7 Å². The van der Waals surface area contributed by atoms with Crippen molar-refractivity contribution in [2.24, 2.45) is 0 Å². The molecule has 0 radical (unpaired) electrons. The molecule has 0 aliphatic carbocycles. The third-order valence-corrected chi connectivity index (χ3v) is 5.97. The number of carboxylic acid groups (broad SMARTS) is 1. The number of rotatable bonds is 7.